The van der Waals surface area contributed by atoms with E-state index in [0.29, 0.717) is 12.5 Å². The fourth-order valence-electron chi connectivity index (χ4n) is 5.66. The largest absolute Gasteiger partial charge is 0.319 e. The van der Waals surface area contributed by atoms with Crippen LogP contribution in [0.1, 0.15) is 43.5 Å². The van der Waals surface area contributed by atoms with Crippen LogP contribution in [0.5, 0.6) is 0 Å². The lowest BCUT2D eigenvalue weighted by Crippen LogP contribution is -2.54. The van der Waals surface area contributed by atoms with E-state index in [4.69, 9.17) is 0 Å². The molecule has 6 nitrogen and oxygen atoms in total. The number of nitriles is 1. The third-order valence-corrected chi connectivity index (χ3v) is 7.29. The van der Waals surface area contributed by atoms with Gasteiger partial charge in [-0.05, 0) is 36.7 Å². The molecule has 4 atom stereocenters. The molecule has 24 heavy (non-hydrogen) atoms. The third-order valence-electron chi connectivity index (χ3n) is 7.29. The van der Waals surface area contributed by atoms with Crippen molar-refractivity contribution in [2.45, 2.75) is 38.6 Å². The molecule has 0 N–H and O–H groups in total. The van der Waals surface area contributed by atoms with Crippen LogP contribution in [0.3, 0.4) is 0 Å². The molecule has 1 saturated heterocycles. The van der Waals surface area contributed by atoms with E-state index in [9.17, 15) is 20.2 Å². The van der Waals surface area contributed by atoms with Gasteiger partial charge in [0.2, 0.25) is 0 Å². The van der Waals surface area contributed by atoms with E-state index >= 15 is 0 Å². The Labute approximate surface area is 140 Å². The lowest BCUT2D eigenvalue weighted by molar-refractivity contribution is -0.384. The fourth-order valence-corrected chi connectivity index (χ4v) is 5.66. The molecule has 0 aromatic heterocycles. The highest BCUT2D eigenvalue weighted by Gasteiger charge is 2.78. The minimum absolute atomic E-state index is 0.0426. The van der Waals surface area contributed by atoms with E-state index in [1.165, 1.54) is 18.2 Å². The second kappa shape index (κ2) is 4.35. The van der Waals surface area contributed by atoms with Gasteiger partial charge in [0.05, 0.1) is 11.0 Å². The Hall–Kier alpha value is -2.42. The van der Waals surface area contributed by atoms with Gasteiger partial charge < -0.3 is 4.90 Å². The molecule has 1 aromatic rings. The summed E-state index contributed by atoms with van der Waals surface area (Å²) >= 11 is 0. The molecule has 1 heterocycles. The Bertz CT molecular complexity index is 816. The lowest BCUT2D eigenvalue weighted by Gasteiger charge is -2.43. The number of piperidine rings is 1. The number of hydrogen-bond acceptors (Lipinski definition) is 4. The molecular formula is C18H19N3O3. The number of rotatable bonds is 2. The monoisotopic (exact) mass is 325 g/mol. The zero-order valence-corrected chi connectivity index (χ0v) is 13.8. The summed E-state index contributed by atoms with van der Waals surface area (Å²) in [5.41, 5.74) is -0.842. The molecular weight excluding hydrogens is 306 g/mol. The topological polar surface area (TPSA) is 87.2 Å². The van der Waals surface area contributed by atoms with Crippen molar-refractivity contribution in [2.24, 2.45) is 16.7 Å². The van der Waals surface area contributed by atoms with Gasteiger partial charge in [-0.25, -0.2) is 0 Å². The van der Waals surface area contributed by atoms with E-state index in [-0.39, 0.29) is 28.0 Å². The maximum atomic E-state index is 13.1. The Balaban J connectivity index is 1.77. The van der Waals surface area contributed by atoms with Crippen molar-refractivity contribution >= 4 is 11.6 Å². The van der Waals surface area contributed by atoms with Crippen LogP contribution >= 0.6 is 0 Å². The van der Waals surface area contributed by atoms with Crippen LogP contribution in [-0.2, 0) is 0 Å². The van der Waals surface area contributed by atoms with Gasteiger partial charge in [-0.1, -0.05) is 19.9 Å². The van der Waals surface area contributed by atoms with Gasteiger partial charge in [0.15, 0.2) is 0 Å². The Morgan fingerprint density at radius 2 is 2.21 bits per heavy atom. The zero-order valence-electron chi connectivity index (χ0n) is 13.8. The first kappa shape index (κ1) is 15.1. The molecule has 4 rings (SSSR count). The predicted octanol–water partition coefficient (Wildman–Crippen LogP) is 3.14. The van der Waals surface area contributed by atoms with Crippen LogP contribution in [0.25, 0.3) is 0 Å². The van der Waals surface area contributed by atoms with E-state index in [0.717, 1.165) is 19.3 Å². The van der Waals surface area contributed by atoms with E-state index < -0.39 is 10.5 Å². The standard InChI is InChI=1S/C18H19N3O3/c1-16-11-20(15(22)12-4-3-5-14(8-12)21(23)24)18(10-19)9-13(16)6-7-17(16,18)2/h3-5,8,13H,6-7,9,11H2,1-2H3/t13-,16-,17+,18-/m1/s1. The third kappa shape index (κ3) is 1.44. The Kier molecular flexibility index (Phi) is 2.74. The highest BCUT2D eigenvalue weighted by molar-refractivity contribution is 5.96. The molecule has 1 aliphatic heterocycles. The first-order valence-electron chi connectivity index (χ1n) is 8.27. The normalized spacial score (nSPS) is 39.0. The number of nitro groups is 1. The number of likely N-dealkylation sites (tertiary alicyclic amines) is 1. The van der Waals surface area contributed by atoms with Crippen molar-refractivity contribution in [1.82, 2.24) is 4.90 Å². The van der Waals surface area contributed by atoms with Crippen molar-refractivity contribution in [1.29, 1.82) is 5.26 Å². The summed E-state index contributed by atoms with van der Waals surface area (Å²) in [7, 11) is 0. The number of carbonyl (C=O) groups excluding carboxylic acids is 1. The number of nitro benzene ring substituents is 1. The second-order valence-corrected chi connectivity index (χ2v) is 7.86. The van der Waals surface area contributed by atoms with Crippen molar-refractivity contribution in [3.05, 3.63) is 39.9 Å². The first-order chi connectivity index (χ1) is 11.3. The van der Waals surface area contributed by atoms with Crippen molar-refractivity contribution < 1.29 is 9.72 Å². The molecule has 2 saturated carbocycles. The summed E-state index contributed by atoms with van der Waals surface area (Å²) in [6, 6.07) is 8.27. The molecule has 1 aromatic carbocycles. The van der Waals surface area contributed by atoms with Crippen LogP contribution in [0.2, 0.25) is 0 Å². The molecule has 1 amide bonds. The summed E-state index contributed by atoms with van der Waals surface area (Å²) in [5, 5.41) is 21.0. The SMILES string of the molecule is C[C@@]12CC[C@@H]3C[C@]1(C#N)N(C(=O)c1cccc([N+](=O)[O-])c1)C[C@]32C. The predicted molar refractivity (Wildman–Crippen MR) is 86.0 cm³/mol. The lowest BCUT2D eigenvalue weighted by atomic mass is 9.66. The smallest absolute Gasteiger partial charge is 0.270 e. The number of benzene rings is 1. The molecule has 0 spiro atoms. The molecule has 2 aliphatic carbocycles. The highest BCUT2D eigenvalue weighted by atomic mass is 16.6. The van der Waals surface area contributed by atoms with Crippen LogP contribution in [-0.4, -0.2) is 27.8 Å². The Morgan fingerprint density at radius 3 is 2.83 bits per heavy atom. The maximum absolute atomic E-state index is 13.1. The summed E-state index contributed by atoms with van der Waals surface area (Å²) < 4.78 is 0. The Morgan fingerprint density at radius 1 is 1.46 bits per heavy atom. The van der Waals surface area contributed by atoms with Gasteiger partial charge in [0, 0.05) is 29.7 Å². The quantitative estimate of drug-likeness (QED) is 0.617. The van der Waals surface area contributed by atoms with Crippen LogP contribution in [0, 0.1) is 38.2 Å². The number of carbonyl (C=O) groups is 1. The average Bonchev–Trinajstić information content (AvgIpc) is 3.03. The van der Waals surface area contributed by atoms with Crippen LogP contribution in [0.4, 0.5) is 5.69 Å². The fraction of sp³-hybridized carbons (Fsp3) is 0.556. The van der Waals surface area contributed by atoms with Gasteiger partial charge in [0.1, 0.15) is 5.54 Å². The first-order valence-corrected chi connectivity index (χ1v) is 8.27. The molecule has 124 valence electrons. The summed E-state index contributed by atoms with van der Waals surface area (Å²) in [6.07, 6.45) is 2.80. The van der Waals surface area contributed by atoms with Gasteiger partial charge in [0.25, 0.3) is 11.6 Å². The molecule has 0 radical (unpaired) electrons. The highest BCUT2D eigenvalue weighted by Crippen LogP contribution is 2.75. The second-order valence-electron chi connectivity index (χ2n) is 7.86. The van der Waals surface area contributed by atoms with Crippen molar-refractivity contribution in [2.75, 3.05) is 6.54 Å². The maximum Gasteiger partial charge on any atom is 0.270 e. The van der Waals surface area contributed by atoms with Crippen LogP contribution in [0.15, 0.2) is 24.3 Å². The van der Waals surface area contributed by atoms with Gasteiger partial charge >= 0.3 is 0 Å². The minimum Gasteiger partial charge on any atom is -0.319 e. The zero-order chi connectivity index (χ0) is 17.3. The molecule has 0 unspecified atom stereocenters. The number of hydrogen-bond donors (Lipinski definition) is 0. The summed E-state index contributed by atoms with van der Waals surface area (Å²) in [4.78, 5) is 25.3. The van der Waals surface area contributed by atoms with Crippen molar-refractivity contribution in [3.8, 4) is 6.07 Å². The van der Waals surface area contributed by atoms with Gasteiger partial charge in [-0.3, -0.25) is 14.9 Å². The number of non-ortho nitro benzene ring substituents is 1. The molecule has 3 aliphatic rings. The van der Waals surface area contributed by atoms with E-state index in [1.807, 2.05) is 0 Å². The van der Waals surface area contributed by atoms with Gasteiger partial charge in [-0.15, -0.1) is 0 Å². The molecule has 3 fully saturated rings. The summed E-state index contributed by atoms with van der Waals surface area (Å²) in [5.74, 6) is 0.215. The summed E-state index contributed by atoms with van der Waals surface area (Å²) in [6.45, 7) is 4.90. The van der Waals surface area contributed by atoms with E-state index in [2.05, 4.69) is 19.9 Å². The van der Waals surface area contributed by atoms with E-state index in [1.54, 1.807) is 11.0 Å². The number of nitrogens with zero attached hydrogens (tertiary/aromatic N) is 3. The average molecular weight is 325 g/mol. The van der Waals surface area contributed by atoms with Gasteiger partial charge in [-0.2, -0.15) is 5.26 Å². The molecule has 6 heteroatoms. The van der Waals surface area contributed by atoms with Crippen LogP contribution < -0.4 is 0 Å². The number of amides is 1. The molecule has 4 bridgehead atoms. The van der Waals surface area contributed by atoms with Crippen molar-refractivity contribution in [3.63, 3.8) is 0 Å². The minimum atomic E-state index is -0.785.